The van der Waals surface area contributed by atoms with Crippen LogP contribution in [0.1, 0.15) is 10.4 Å². The Morgan fingerprint density at radius 2 is 1.65 bits per heavy atom. The smallest absolute Gasteiger partial charge is 0.257 e. The van der Waals surface area contributed by atoms with Gasteiger partial charge in [0.05, 0.1) is 15.6 Å². The van der Waals surface area contributed by atoms with Gasteiger partial charge in [-0.05, 0) is 24.3 Å². The van der Waals surface area contributed by atoms with Gasteiger partial charge in [0.2, 0.25) is 0 Å². The van der Waals surface area contributed by atoms with Gasteiger partial charge in [-0.25, -0.2) is 4.98 Å². The molecule has 120 valence electrons. The van der Waals surface area contributed by atoms with E-state index in [4.69, 9.17) is 34.8 Å². The Morgan fingerprint density at radius 1 is 1.00 bits per heavy atom. The van der Waals surface area contributed by atoms with Crippen LogP contribution in [0.15, 0.2) is 36.5 Å². The fourth-order valence-corrected chi connectivity index (χ4v) is 3.34. The number of rotatable bonds is 2. The monoisotopic (exact) mass is 369 g/mol. The topological polar surface area (TPSA) is 36.4 Å². The third-order valence-corrected chi connectivity index (χ3v) is 4.66. The van der Waals surface area contributed by atoms with Crippen molar-refractivity contribution in [2.24, 2.45) is 0 Å². The van der Waals surface area contributed by atoms with Gasteiger partial charge in [-0.3, -0.25) is 4.79 Å². The number of benzene rings is 1. The highest BCUT2D eigenvalue weighted by atomic mass is 35.5. The first-order valence-corrected chi connectivity index (χ1v) is 8.29. The molecule has 1 amide bonds. The van der Waals surface area contributed by atoms with Crippen molar-refractivity contribution < 1.29 is 4.79 Å². The van der Waals surface area contributed by atoms with Crippen molar-refractivity contribution in [1.82, 2.24) is 9.88 Å². The molecule has 1 fully saturated rings. The third kappa shape index (κ3) is 3.55. The van der Waals surface area contributed by atoms with Crippen LogP contribution in [0.2, 0.25) is 15.2 Å². The summed E-state index contributed by atoms with van der Waals surface area (Å²) in [5, 5.41) is 1.22. The second-order valence-corrected chi connectivity index (χ2v) is 6.41. The fraction of sp³-hybridized carbons (Fsp3) is 0.250. The minimum absolute atomic E-state index is 0.131. The van der Waals surface area contributed by atoms with Crippen molar-refractivity contribution in [2.45, 2.75) is 0 Å². The van der Waals surface area contributed by atoms with Crippen LogP contribution in [-0.2, 0) is 0 Å². The van der Waals surface area contributed by atoms with Crippen LogP contribution in [0.3, 0.4) is 0 Å². The zero-order valence-corrected chi connectivity index (χ0v) is 14.4. The molecular weight excluding hydrogens is 357 g/mol. The molecule has 1 aliphatic heterocycles. The highest BCUT2D eigenvalue weighted by Crippen LogP contribution is 2.27. The molecule has 0 atom stereocenters. The van der Waals surface area contributed by atoms with Gasteiger partial charge in [0, 0.05) is 38.1 Å². The van der Waals surface area contributed by atoms with Gasteiger partial charge < -0.3 is 9.80 Å². The largest absolute Gasteiger partial charge is 0.368 e. The normalized spacial score (nSPS) is 14.9. The van der Waals surface area contributed by atoms with Crippen LogP contribution in [-0.4, -0.2) is 42.0 Å². The maximum absolute atomic E-state index is 12.6. The lowest BCUT2D eigenvalue weighted by Gasteiger charge is -2.36. The Hall–Kier alpha value is -1.49. The summed E-state index contributed by atoms with van der Waals surface area (Å²) in [6.45, 7) is 2.63. The zero-order chi connectivity index (χ0) is 16.4. The Morgan fingerprint density at radius 3 is 2.26 bits per heavy atom. The van der Waals surface area contributed by atoms with Crippen molar-refractivity contribution in [1.29, 1.82) is 0 Å². The second-order valence-electron chi connectivity index (χ2n) is 5.21. The summed E-state index contributed by atoms with van der Waals surface area (Å²) in [6.07, 6.45) is 1.68. The third-order valence-electron chi connectivity index (χ3n) is 3.82. The minimum Gasteiger partial charge on any atom is -0.368 e. The van der Waals surface area contributed by atoms with Crippen molar-refractivity contribution in [3.63, 3.8) is 0 Å². The molecule has 1 saturated heterocycles. The van der Waals surface area contributed by atoms with Gasteiger partial charge in [-0.15, -0.1) is 0 Å². The van der Waals surface area contributed by atoms with Crippen molar-refractivity contribution in [3.8, 4) is 0 Å². The van der Waals surface area contributed by atoms with Crippen LogP contribution in [0, 0.1) is 0 Å². The first-order valence-electron chi connectivity index (χ1n) is 7.16. The van der Waals surface area contributed by atoms with Crippen LogP contribution in [0.25, 0.3) is 0 Å². The van der Waals surface area contributed by atoms with E-state index >= 15 is 0 Å². The highest BCUT2D eigenvalue weighted by molar-refractivity contribution is 6.39. The van der Waals surface area contributed by atoms with E-state index < -0.39 is 0 Å². The summed E-state index contributed by atoms with van der Waals surface area (Å²) in [7, 11) is 0. The molecule has 1 aromatic heterocycles. The summed E-state index contributed by atoms with van der Waals surface area (Å²) >= 11 is 18.2. The number of aromatic nitrogens is 1. The Kier molecular flexibility index (Phi) is 4.95. The van der Waals surface area contributed by atoms with E-state index in [0.29, 0.717) is 46.9 Å². The number of amides is 1. The Labute approximate surface area is 149 Å². The number of halogens is 3. The number of carbonyl (C=O) groups is 1. The van der Waals surface area contributed by atoms with E-state index in [9.17, 15) is 4.79 Å². The average molecular weight is 371 g/mol. The van der Waals surface area contributed by atoms with Crippen LogP contribution < -0.4 is 4.90 Å². The van der Waals surface area contributed by atoms with Gasteiger partial charge in [-0.1, -0.05) is 40.9 Å². The van der Waals surface area contributed by atoms with E-state index in [0.717, 1.165) is 5.69 Å². The van der Waals surface area contributed by atoms with E-state index in [2.05, 4.69) is 9.88 Å². The first kappa shape index (κ1) is 16.4. The molecule has 0 N–H and O–H groups in total. The van der Waals surface area contributed by atoms with E-state index in [-0.39, 0.29) is 5.91 Å². The number of nitrogens with zero attached hydrogens (tertiary/aromatic N) is 3. The molecule has 3 rings (SSSR count). The zero-order valence-electron chi connectivity index (χ0n) is 12.2. The number of hydrogen-bond donors (Lipinski definition) is 0. The van der Waals surface area contributed by atoms with Gasteiger partial charge in [-0.2, -0.15) is 0 Å². The van der Waals surface area contributed by atoms with Gasteiger partial charge in [0.25, 0.3) is 5.91 Å². The van der Waals surface area contributed by atoms with Gasteiger partial charge >= 0.3 is 0 Å². The SMILES string of the molecule is O=C(c1c(Cl)cccc1Cl)N1CCN(c2ccnc(Cl)c2)CC1. The lowest BCUT2D eigenvalue weighted by molar-refractivity contribution is 0.0747. The lowest BCUT2D eigenvalue weighted by atomic mass is 10.1. The molecule has 7 heteroatoms. The lowest BCUT2D eigenvalue weighted by Crippen LogP contribution is -2.49. The number of piperazine rings is 1. The molecule has 2 aromatic rings. The molecular formula is C16H14Cl3N3O. The van der Waals surface area contributed by atoms with Crippen LogP contribution in [0.5, 0.6) is 0 Å². The summed E-state index contributed by atoms with van der Waals surface area (Å²) in [4.78, 5) is 20.6. The molecule has 0 aliphatic carbocycles. The molecule has 0 spiro atoms. The van der Waals surface area contributed by atoms with Crippen molar-refractivity contribution in [3.05, 3.63) is 57.3 Å². The van der Waals surface area contributed by atoms with Gasteiger partial charge in [0.15, 0.2) is 0 Å². The molecule has 0 radical (unpaired) electrons. The average Bonchev–Trinajstić information content (AvgIpc) is 2.55. The highest BCUT2D eigenvalue weighted by Gasteiger charge is 2.25. The predicted molar refractivity (Wildman–Crippen MR) is 93.8 cm³/mol. The predicted octanol–water partition coefficient (Wildman–Crippen LogP) is 4.00. The summed E-state index contributed by atoms with van der Waals surface area (Å²) in [5.74, 6) is -0.131. The first-order chi connectivity index (χ1) is 11.1. The van der Waals surface area contributed by atoms with Crippen LogP contribution in [0.4, 0.5) is 5.69 Å². The molecule has 1 aromatic carbocycles. The van der Waals surface area contributed by atoms with E-state index in [1.165, 1.54) is 0 Å². The van der Waals surface area contributed by atoms with Crippen molar-refractivity contribution in [2.75, 3.05) is 31.1 Å². The van der Waals surface area contributed by atoms with Crippen molar-refractivity contribution >= 4 is 46.4 Å². The van der Waals surface area contributed by atoms with Gasteiger partial charge in [0.1, 0.15) is 5.15 Å². The summed E-state index contributed by atoms with van der Waals surface area (Å²) < 4.78 is 0. The fourth-order valence-electron chi connectivity index (χ4n) is 2.62. The number of anilines is 1. The standard InChI is InChI=1S/C16H14Cl3N3O/c17-12-2-1-3-13(18)15(12)16(23)22-8-6-21(7-9-22)11-4-5-20-14(19)10-11/h1-5,10H,6-9H2. The number of hydrogen-bond acceptors (Lipinski definition) is 3. The molecule has 1 aliphatic rings. The summed E-state index contributed by atoms with van der Waals surface area (Å²) in [6, 6.07) is 8.82. The Balaban J connectivity index is 1.70. The molecule has 0 saturated carbocycles. The maximum atomic E-state index is 12.6. The molecule has 0 bridgehead atoms. The number of carbonyl (C=O) groups excluding carboxylic acids is 1. The van der Waals surface area contributed by atoms with E-state index in [1.807, 2.05) is 12.1 Å². The molecule has 4 nitrogen and oxygen atoms in total. The minimum atomic E-state index is -0.131. The quantitative estimate of drug-likeness (QED) is 0.750. The summed E-state index contributed by atoms with van der Waals surface area (Å²) in [5.41, 5.74) is 1.38. The molecule has 0 unspecified atom stereocenters. The second kappa shape index (κ2) is 6.95. The molecule has 2 heterocycles. The maximum Gasteiger partial charge on any atom is 0.257 e. The molecule has 23 heavy (non-hydrogen) atoms. The van der Waals surface area contributed by atoms with Crippen LogP contribution >= 0.6 is 34.8 Å². The Bertz CT molecular complexity index is 710. The number of pyridine rings is 1. The van der Waals surface area contributed by atoms with E-state index in [1.54, 1.807) is 29.3 Å².